The van der Waals surface area contributed by atoms with E-state index in [9.17, 15) is 22.4 Å². The van der Waals surface area contributed by atoms with Gasteiger partial charge >= 0.3 is 6.18 Å². The number of rotatable bonds is 8. The van der Waals surface area contributed by atoms with E-state index in [0.29, 0.717) is 33.9 Å². The van der Waals surface area contributed by atoms with Gasteiger partial charge in [-0.2, -0.15) is 18.3 Å². The third kappa shape index (κ3) is 6.62. The quantitative estimate of drug-likeness (QED) is 0.282. The maximum atomic E-state index is 14.5. The second-order valence-electron chi connectivity index (χ2n) is 8.28. The van der Waals surface area contributed by atoms with Crippen molar-refractivity contribution in [2.45, 2.75) is 48.6 Å². The molecule has 0 unspecified atom stereocenters. The summed E-state index contributed by atoms with van der Waals surface area (Å²) in [5.41, 5.74) is -0.127. The van der Waals surface area contributed by atoms with Crippen molar-refractivity contribution in [2.24, 2.45) is 0 Å². The molecular weight excluding hydrogens is 486 g/mol. The van der Waals surface area contributed by atoms with E-state index in [0.717, 1.165) is 5.69 Å². The standard InChI is InChI=1S/C22H23F4N7OS/c1-3-21(23)11-33(12-21)18-9-16(28-17-8-13(2)31-32-17)29-20(30-18)35-15-6-4-14(5-7-15)27-19(34)10-22(24,25)26/h4-9H,3,10-12H2,1-2H3,(H,27,34)(H2,28,29,30,31,32). The normalized spacial score (nSPS) is 15.0. The third-order valence-electron chi connectivity index (χ3n) is 5.27. The number of carbonyl (C=O) groups is 1. The van der Waals surface area contributed by atoms with Crippen molar-refractivity contribution < 1.29 is 22.4 Å². The Bertz CT molecular complexity index is 1190. The molecule has 0 spiro atoms. The average molecular weight is 510 g/mol. The van der Waals surface area contributed by atoms with Gasteiger partial charge in [0.1, 0.15) is 23.7 Å². The van der Waals surface area contributed by atoms with Gasteiger partial charge in [-0.15, -0.1) is 0 Å². The van der Waals surface area contributed by atoms with Crippen LogP contribution in [0.1, 0.15) is 25.5 Å². The van der Waals surface area contributed by atoms with Crippen LogP contribution in [0, 0.1) is 6.92 Å². The van der Waals surface area contributed by atoms with E-state index in [1.807, 2.05) is 17.9 Å². The number of hydrogen-bond acceptors (Lipinski definition) is 7. The molecule has 1 amide bonds. The number of aromatic nitrogens is 4. The van der Waals surface area contributed by atoms with Crippen LogP contribution in [0.5, 0.6) is 0 Å². The van der Waals surface area contributed by atoms with Crippen LogP contribution in [0.4, 0.5) is 40.7 Å². The Hall–Kier alpha value is -3.35. The molecule has 1 fully saturated rings. The van der Waals surface area contributed by atoms with Crippen molar-refractivity contribution in [3.8, 4) is 0 Å². The molecule has 1 aliphatic heterocycles. The molecule has 0 radical (unpaired) electrons. The molecule has 1 aromatic carbocycles. The summed E-state index contributed by atoms with van der Waals surface area (Å²) in [4.78, 5) is 23.1. The maximum absolute atomic E-state index is 14.5. The Balaban J connectivity index is 1.50. The summed E-state index contributed by atoms with van der Waals surface area (Å²) in [6.07, 6.45) is -5.71. The zero-order valence-corrected chi connectivity index (χ0v) is 19.7. The number of halogens is 4. The Morgan fingerprint density at radius 2 is 1.89 bits per heavy atom. The highest BCUT2D eigenvalue weighted by Gasteiger charge is 2.42. The molecule has 35 heavy (non-hydrogen) atoms. The van der Waals surface area contributed by atoms with E-state index >= 15 is 0 Å². The van der Waals surface area contributed by atoms with Crippen LogP contribution in [0.25, 0.3) is 0 Å². The predicted octanol–water partition coefficient (Wildman–Crippen LogP) is 5.23. The lowest BCUT2D eigenvalue weighted by atomic mass is 9.93. The highest BCUT2D eigenvalue weighted by molar-refractivity contribution is 7.99. The van der Waals surface area contributed by atoms with Gasteiger partial charge in [0.2, 0.25) is 5.91 Å². The smallest absolute Gasteiger partial charge is 0.350 e. The monoisotopic (exact) mass is 509 g/mol. The Morgan fingerprint density at radius 1 is 1.17 bits per heavy atom. The number of amides is 1. The number of hydrogen-bond donors (Lipinski definition) is 3. The maximum Gasteiger partial charge on any atom is 0.397 e. The van der Waals surface area contributed by atoms with Crippen LogP contribution in [-0.2, 0) is 4.79 Å². The van der Waals surface area contributed by atoms with Crippen molar-refractivity contribution in [1.82, 2.24) is 20.2 Å². The summed E-state index contributed by atoms with van der Waals surface area (Å²) in [6, 6.07) is 9.82. The molecule has 4 rings (SSSR count). The first-order valence-corrected chi connectivity index (χ1v) is 11.6. The highest BCUT2D eigenvalue weighted by Crippen LogP contribution is 2.35. The van der Waals surface area contributed by atoms with Gasteiger partial charge < -0.3 is 15.5 Å². The van der Waals surface area contributed by atoms with Crippen LogP contribution in [0.2, 0.25) is 0 Å². The Kier molecular flexibility index (Phi) is 6.88. The fraction of sp³-hybridized carbons (Fsp3) is 0.364. The van der Waals surface area contributed by atoms with Crippen LogP contribution in [-0.4, -0.2) is 51.0 Å². The molecule has 3 heterocycles. The molecule has 3 N–H and O–H groups in total. The van der Waals surface area contributed by atoms with E-state index in [4.69, 9.17) is 0 Å². The lowest BCUT2D eigenvalue weighted by molar-refractivity contribution is -0.150. The van der Waals surface area contributed by atoms with Crippen LogP contribution >= 0.6 is 11.8 Å². The summed E-state index contributed by atoms with van der Waals surface area (Å²) in [7, 11) is 0. The second-order valence-corrected chi connectivity index (χ2v) is 9.32. The van der Waals surface area contributed by atoms with Gasteiger partial charge in [0.25, 0.3) is 0 Å². The van der Waals surface area contributed by atoms with E-state index in [1.54, 1.807) is 25.1 Å². The minimum absolute atomic E-state index is 0.234. The number of carbonyl (C=O) groups excluding carboxylic acids is 1. The van der Waals surface area contributed by atoms with Gasteiger partial charge in [0.15, 0.2) is 11.0 Å². The first-order valence-electron chi connectivity index (χ1n) is 10.8. The molecular formula is C22H23F4N7OS. The van der Waals surface area contributed by atoms with E-state index < -0.39 is 24.2 Å². The van der Waals surface area contributed by atoms with Gasteiger partial charge in [-0.25, -0.2) is 14.4 Å². The molecule has 0 bridgehead atoms. The Labute approximate surface area is 202 Å². The van der Waals surface area contributed by atoms with Gasteiger partial charge in [-0.1, -0.05) is 6.92 Å². The number of anilines is 4. The second kappa shape index (κ2) is 9.72. The van der Waals surface area contributed by atoms with Crippen molar-refractivity contribution >= 4 is 40.8 Å². The lowest BCUT2D eigenvalue weighted by Gasteiger charge is -2.44. The number of aryl methyl sites for hydroxylation is 1. The average Bonchev–Trinajstić information content (AvgIpc) is 3.15. The van der Waals surface area contributed by atoms with Crippen LogP contribution in [0.15, 0.2) is 46.5 Å². The van der Waals surface area contributed by atoms with Crippen LogP contribution < -0.4 is 15.5 Å². The minimum Gasteiger partial charge on any atom is -0.350 e. The van der Waals surface area contributed by atoms with E-state index in [-0.39, 0.29) is 18.8 Å². The minimum atomic E-state index is -4.57. The summed E-state index contributed by atoms with van der Waals surface area (Å²) in [6.45, 7) is 4.14. The van der Waals surface area contributed by atoms with Gasteiger partial charge in [0.05, 0.1) is 13.1 Å². The van der Waals surface area contributed by atoms with Gasteiger partial charge in [-0.05, 0) is 49.4 Å². The number of H-pyrrole nitrogens is 1. The number of benzene rings is 1. The first-order chi connectivity index (χ1) is 16.5. The Morgan fingerprint density at radius 3 is 2.49 bits per heavy atom. The molecule has 2 aromatic heterocycles. The lowest BCUT2D eigenvalue weighted by Crippen LogP contribution is -2.59. The SMILES string of the molecule is CCC1(F)CN(c2cc(Nc3cc(C)[nH]n3)nc(Sc3ccc(NC(=O)CC(F)(F)F)cc3)n2)C1. The van der Waals surface area contributed by atoms with Gasteiger partial charge in [0, 0.05) is 28.4 Å². The highest BCUT2D eigenvalue weighted by atomic mass is 32.2. The van der Waals surface area contributed by atoms with Crippen molar-refractivity contribution in [1.29, 1.82) is 0 Å². The molecule has 8 nitrogen and oxygen atoms in total. The summed E-state index contributed by atoms with van der Waals surface area (Å²) in [5.74, 6) is 0.478. The number of nitrogens with one attached hydrogen (secondary N) is 3. The van der Waals surface area contributed by atoms with Crippen molar-refractivity contribution in [2.75, 3.05) is 28.6 Å². The van der Waals surface area contributed by atoms with Crippen molar-refractivity contribution in [3.63, 3.8) is 0 Å². The van der Waals surface area contributed by atoms with Gasteiger partial charge in [-0.3, -0.25) is 9.89 Å². The largest absolute Gasteiger partial charge is 0.397 e. The molecule has 186 valence electrons. The summed E-state index contributed by atoms with van der Waals surface area (Å²) >= 11 is 1.22. The van der Waals surface area contributed by atoms with E-state index in [1.165, 1.54) is 23.9 Å². The summed E-state index contributed by atoms with van der Waals surface area (Å²) < 4.78 is 51.5. The molecule has 1 saturated heterocycles. The molecule has 0 atom stereocenters. The number of alkyl halides is 4. The number of nitrogens with zero attached hydrogens (tertiary/aromatic N) is 4. The molecule has 13 heteroatoms. The fourth-order valence-corrected chi connectivity index (χ4v) is 4.19. The number of aromatic amines is 1. The first kappa shape index (κ1) is 24.8. The van der Waals surface area contributed by atoms with Crippen molar-refractivity contribution in [3.05, 3.63) is 42.1 Å². The zero-order valence-electron chi connectivity index (χ0n) is 18.9. The molecule has 1 aliphatic rings. The molecule has 0 saturated carbocycles. The zero-order chi connectivity index (χ0) is 25.2. The third-order valence-corrected chi connectivity index (χ3v) is 6.14. The van der Waals surface area contributed by atoms with E-state index in [2.05, 4.69) is 30.8 Å². The molecule has 0 aliphatic carbocycles. The predicted molar refractivity (Wildman–Crippen MR) is 125 cm³/mol. The van der Waals surface area contributed by atoms with Crippen LogP contribution in [0.3, 0.4) is 0 Å². The fourth-order valence-electron chi connectivity index (χ4n) is 3.42. The topological polar surface area (TPSA) is 98.8 Å². The molecule has 3 aromatic rings. The summed E-state index contributed by atoms with van der Waals surface area (Å²) in [5, 5.41) is 12.7.